The van der Waals surface area contributed by atoms with Gasteiger partial charge in [-0.25, -0.2) is 4.79 Å². The zero-order valence-electron chi connectivity index (χ0n) is 20.2. The van der Waals surface area contributed by atoms with Crippen molar-refractivity contribution in [3.63, 3.8) is 0 Å². The van der Waals surface area contributed by atoms with E-state index in [0.29, 0.717) is 22.6 Å². The van der Waals surface area contributed by atoms with E-state index >= 15 is 0 Å². The normalized spacial score (nSPS) is 11.7. The molecule has 0 aromatic heterocycles. The number of hydrogen-bond donors (Lipinski definition) is 0. The van der Waals surface area contributed by atoms with Gasteiger partial charge in [-0.15, -0.1) is 0 Å². The average molecular weight is 460 g/mol. The van der Waals surface area contributed by atoms with Crippen LogP contribution in [-0.2, 0) is 4.84 Å². The summed E-state index contributed by atoms with van der Waals surface area (Å²) in [6.07, 6.45) is 5.74. The second kappa shape index (κ2) is 13.2. The summed E-state index contributed by atoms with van der Waals surface area (Å²) in [6.45, 7) is 4.13. The minimum absolute atomic E-state index is 0.0320. The van der Waals surface area contributed by atoms with Crippen LogP contribution < -0.4 is 23.7 Å². The molecule has 0 aliphatic carbocycles. The first-order valence-electron chi connectivity index (χ1n) is 10.9. The SMILES string of the molecule is CCCCCC(C)O/N=C/c1c(OC)cc(OC)c(OC(=O)c2ccc(OC)cc2)c1OC. The van der Waals surface area contributed by atoms with E-state index in [-0.39, 0.29) is 23.4 Å². The number of carbonyl (C=O) groups excluding carboxylic acids is 1. The molecule has 0 bridgehead atoms. The highest BCUT2D eigenvalue weighted by Gasteiger charge is 2.24. The lowest BCUT2D eigenvalue weighted by Crippen LogP contribution is -2.11. The third kappa shape index (κ3) is 7.03. The summed E-state index contributed by atoms with van der Waals surface area (Å²) in [7, 11) is 6.00. The molecule has 0 heterocycles. The molecule has 33 heavy (non-hydrogen) atoms. The Bertz CT molecular complexity index is 925. The highest BCUT2D eigenvalue weighted by Crippen LogP contribution is 2.45. The summed E-state index contributed by atoms with van der Waals surface area (Å²) in [5.41, 5.74) is 0.800. The van der Waals surface area contributed by atoms with Gasteiger partial charge in [0.2, 0.25) is 5.75 Å². The maximum atomic E-state index is 12.8. The molecule has 0 radical (unpaired) electrons. The zero-order chi connectivity index (χ0) is 24.2. The Labute approximate surface area is 195 Å². The van der Waals surface area contributed by atoms with Crippen LogP contribution in [0.5, 0.6) is 28.7 Å². The van der Waals surface area contributed by atoms with Gasteiger partial charge in [0, 0.05) is 6.07 Å². The molecule has 0 saturated carbocycles. The van der Waals surface area contributed by atoms with Crippen LogP contribution in [0, 0.1) is 0 Å². The largest absolute Gasteiger partial charge is 0.497 e. The smallest absolute Gasteiger partial charge is 0.343 e. The van der Waals surface area contributed by atoms with E-state index in [1.54, 1.807) is 37.4 Å². The topological polar surface area (TPSA) is 84.8 Å². The Morgan fingerprint density at radius 3 is 2.21 bits per heavy atom. The van der Waals surface area contributed by atoms with E-state index in [0.717, 1.165) is 25.7 Å². The van der Waals surface area contributed by atoms with Gasteiger partial charge in [-0.05, 0) is 44.0 Å². The molecule has 0 aliphatic heterocycles. The minimum Gasteiger partial charge on any atom is -0.497 e. The molecule has 0 N–H and O–H groups in total. The van der Waals surface area contributed by atoms with Crippen LogP contribution in [0.15, 0.2) is 35.5 Å². The molecule has 1 unspecified atom stereocenters. The molecule has 0 saturated heterocycles. The molecule has 0 spiro atoms. The summed E-state index contributed by atoms with van der Waals surface area (Å²) >= 11 is 0. The van der Waals surface area contributed by atoms with Crippen LogP contribution in [0.25, 0.3) is 0 Å². The highest BCUT2D eigenvalue weighted by molar-refractivity contribution is 5.94. The Balaban J connectivity index is 2.33. The van der Waals surface area contributed by atoms with Crippen LogP contribution in [-0.4, -0.2) is 46.7 Å². The number of methoxy groups -OCH3 is 4. The van der Waals surface area contributed by atoms with Crippen molar-refractivity contribution < 1.29 is 33.3 Å². The van der Waals surface area contributed by atoms with Crippen LogP contribution in [0.4, 0.5) is 0 Å². The quantitative estimate of drug-likeness (QED) is 0.133. The van der Waals surface area contributed by atoms with Crippen LogP contribution >= 0.6 is 0 Å². The number of benzene rings is 2. The number of esters is 1. The number of nitrogens with zero attached hydrogens (tertiary/aromatic N) is 1. The first-order valence-corrected chi connectivity index (χ1v) is 10.9. The molecule has 0 fully saturated rings. The third-order valence-electron chi connectivity index (χ3n) is 5.00. The van der Waals surface area contributed by atoms with Crippen LogP contribution in [0.1, 0.15) is 55.5 Å². The van der Waals surface area contributed by atoms with Crippen LogP contribution in [0.2, 0.25) is 0 Å². The van der Waals surface area contributed by atoms with Gasteiger partial charge < -0.3 is 28.5 Å². The number of ether oxygens (including phenoxy) is 5. The summed E-state index contributed by atoms with van der Waals surface area (Å²) in [5.74, 6) is 1.10. The van der Waals surface area contributed by atoms with Crippen molar-refractivity contribution in [2.75, 3.05) is 28.4 Å². The first-order chi connectivity index (χ1) is 16.0. The van der Waals surface area contributed by atoms with Gasteiger partial charge in [0.1, 0.15) is 17.6 Å². The molecule has 0 aliphatic rings. The van der Waals surface area contributed by atoms with Crippen molar-refractivity contribution in [2.24, 2.45) is 5.16 Å². The van der Waals surface area contributed by atoms with E-state index in [9.17, 15) is 4.79 Å². The van der Waals surface area contributed by atoms with Crippen molar-refractivity contribution in [1.82, 2.24) is 0 Å². The van der Waals surface area contributed by atoms with E-state index in [4.69, 9.17) is 28.5 Å². The summed E-state index contributed by atoms with van der Waals surface area (Å²) < 4.78 is 27.3. The third-order valence-corrected chi connectivity index (χ3v) is 5.00. The molecule has 0 amide bonds. The van der Waals surface area contributed by atoms with Crippen molar-refractivity contribution in [2.45, 2.75) is 45.6 Å². The summed E-state index contributed by atoms with van der Waals surface area (Å²) in [5, 5.41) is 4.11. The highest BCUT2D eigenvalue weighted by atomic mass is 16.6. The standard InChI is InChI=1S/C25H33NO7/c1-7-8-9-10-17(2)33-26-16-20-21(29-4)15-22(30-5)24(23(20)31-6)32-25(27)18-11-13-19(28-3)14-12-18/h11-17H,7-10H2,1-6H3/b26-16+. The van der Waals surface area contributed by atoms with Crippen molar-refractivity contribution in [3.8, 4) is 28.7 Å². The molecular formula is C25H33NO7. The summed E-state index contributed by atoms with van der Waals surface area (Å²) in [4.78, 5) is 18.3. The fraction of sp³-hybridized carbons (Fsp3) is 0.440. The van der Waals surface area contributed by atoms with Gasteiger partial charge in [-0.2, -0.15) is 0 Å². The number of hydrogen-bond acceptors (Lipinski definition) is 8. The van der Waals surface area contributed by atoms with Crippen molar-refractivity contribution in [1.29, 1.82) is 0 Å². The number of carbonyl (C=O) groups is 1. The molecule has 2 rings (SSSR count). The first kappa shape index (κ1) is 25.8. The summed E-state index contributed by atoms with van der Waals surface area (Å²) in [6, 6.07) is 8.18. The average Bonchev–Trinajstić information content (AvgIpc) is 2.84. The number of unbranched alkanes of at least 4 members (excludes halogenated alkanes) is 2. The lowest BCUT2D eigenvalue weighted by Gasteiger charge is -2.18. The zero-order valence-corrected chi connectivity index (χ0v) is 20.2. The molecule has 2 aromatic carbocycles. The molecule has 2 aromatic rings. The maximum absolute atomic E-state index is 12.8. The van der Waals surface area contributed by atoms with E-state index in [1.165, 1.54) is 27.5 Å². The minimum atomic E-state index is -0.580. The van der Waals surface area contributed by atoms with E-state index in [2.05, 4.69) is 12.1 Å². The second-order valence-electron chi connectivity index (χ2n) is 7.32. The van der Waals surface area contributed by atoms with E-state index in [1.807, 2.05) is 6.92 Å². The molecule has 8 heteroatoms. The fourth-order valence-electron chi connectivity index (χ4n) is 3.15. The number of rotatable bonds is 13. The molecule has 8 nitrogen and oxygen atoms in total. The fourth-order valence-corrected chi connectivity index (χ4v) is 3.15. The Morgan fingerprint density at radius 2 is 1.64 bits per heavy atom. The van der Waals surface area contributed by atoms with Crippen molar-refractivity contribution >= 4 is 12.2 Å². The van der Waals surface area contributed by atoms with Gasteiger partial charge in [0.05, 0.1) is 45.8 Å². The number of oxime groups is 1. The molecule has 180 valence electrons. The maximum Gasteiger partial charge on any atom is 0.343 e. The van der Waals surface area contributed by atoms with Gasteiger partial charge in [0.15, 0.2) is 11.5 Å². The van der Waals surface area contributed by atoms with E-state index < -0.39 is 5.97 Å². The molecule has 1 atom stereocenters. The van der Waals surface area contributed by atoms with Gasteiger partial charge >= 0.3 is 5.97 Å². The van der Waals surface area contributed by atoms with Crippen LogP contribution in [0.3, 0.4) is 0 Å². The Morgan fingerprint density at radius 1 is 0.939 bits per heavy atom. The second-order valence-corrected chi connectivity index (χ2v) is 7.32. The van der Waals surface area contributed by atoms with Gasteiger partial charge in [-0.3, -0.25) is 0 Å². The van der Waals surface area contributed by atoms with Gasteiger partial charge in [-0.1, -0.05) is 24.9 Å². The lowest BCUT2D eigenvalue weighted by atomic mass is 10.1. The van der Waals surface area contributed by atoms with Crippen molar-refractivity contribution in [3.05, 3.63) is 41.5 Å². The Hall–Kier alpha value is -3.42. The predicted molar refractivity (Wildman–Crippen MR) is 126 cm³/mol. The Kier molecular flexibility index (Phi) is 10.3. The lowest BCUT2D eigenvalue weighted by molar-refractivity contribution is 0.0657. The molecular weight excluding hydrogens is 426 g/mol. The van der Waals surface area contributed by atoms with Gasteiger partial charge in [0.25, 0.3) is 0 Å². The monoisotopic (exact) mass is 459 g/mol. The predicted octanol–water partition coefficient (Wildman–Crippen LogP) is 5.26.